The Morgan fingerprint density at radius 1 is 1.35 bits per heavy atom. The third-order valence-corrected chi connectivity index (χ3v) is 1.77. The van der Waals surface area contributed by atoms with Crippen molar-refractivity contribution in [2.24, 2.45) is 5.73 Å². The number of nitrogen functional groups attached to an aromatic ring is 1. The Morgan fingerprint density at radius 3 is 2.35 bits per heavy atom. The number of nitrogens with two attached hydrogens (primary N) is 2. The van der Waals surface area contributed by atoms with Crippen LogP contribution in [-0.2, 0) is 6.54 Å². The molecule has 0 amide bonds. The van der Waals surface area contributed by atoms with Crippen molar-refractivity contribution in [1.82, 2.24) is 4.98 Å². The zero-order chi connectivity index (χ0) is 13.2. The van der Waals surface area contributed by atoms with Crippen molar-refractivity contribution in [3.8, 4) is 5.88 Å². The van der Waals surface area contributed by atoms with Crippen LogP contribution in [0.15, 0.2) is 6.07 Å². The predicted molar refractivity (Wildman–Crippen MR) is 48.2 cm³/mol. The van der Waals surface area contributed by atoms with E-state index in [1.54, 1.807) is 0 Å². The van der Waals surface area contributed by atoms with E-state index in [2.05, 4.69) is 9.72 Å². The first-order valence-corrected chi connectivity index (χ1v) is 4.28. The smallest absolute Gasteiger partial charge is 0.394 e. The fourth-order valence-electron chi connectivity index (χ4n) is 1.08. The van der Waals surface area contributed by atoms with Gasteiger partial charge in [-0.2, -0.15) is 0 Å². The third-order valence-electron chi connectivity index (χ3n) is 1.77. The van der Waals surface area contributed by atoms with Crippen molar-refractivity contribution >= 4 is 5.69 Å². The second-order valence-corrected chi connectivity index (χ2v) is 2.97. The fraction of sp³-hybridized carbons (Fsp3) is 0.375. The normalized spacial score (nSPS) is 11.9. The number of hydrogen-bond donors (Lipinski definition) is 2. The van der Waals surface area contributed by atoms with Gasteiger partial charge in [0.15, 0.2) is 0 Å². The van der Waals surface area contributed by atoms with Gasteiger partial charge in [-0.25, -0.2) is 13.8 Å². The SMILES string of the molecule is NCc1cc(C(F)F)c(N)c(OC(F)(F)F)n1. The molecule has 0 fully saturated rings. The van der Waals surface area contributed by atoms with Gasteiger partial charge in [0.05, 0.1) is 5.69 Å². The lowest BCUT2D eigenvalue weighted by molar-refractivity contribution is -0.275. The van der Waals surface area contributed by atoms with Crippen molar-refractivity contribution in [3.63, 3.8) is 0 Å². The highest BCUT2D eigenvalue weighted by Crippen LogP contribution is 2.34. The molecular formula is C8H8F5N3O. The number of pyridine rings is 1. The number of halogens is 5. The molecule has 96 valence electrons. The number of nitrogens with zero attached hydrogens (tertiary/aromatic N) is 1. The number of ether oxygens (including phenoxy) is 1. The summed E-state index contributed by atoms with van der Waals surface area (Å²) in [5.41, 5.74) is 8.41. The van der Waals surface area contributed by atoms with Gasteiger partial charge in [-0.15, -0.1) is 13.2 Å². The van der Waals surface area contributed by atoms with Gasteiger partial charge in [0.25, 0.3) is 6.43 Å². The van der Waals surface area contributed by atoms with E-state index < -0.39 is 29.9 Å². The Hall–Kier alpha value is -1.64. The summed E-state index contributed by atoms with van der Waals surface area (Å²) in [4.78, 5) is 3.29. The maximum atomic E-state index is 12.5. The molecule has 4 N–H and O–H groups in total. The van der Waals surface area contributed by atoms with Crippen LogP contribution >= 0.6 is 0 Å². The summed E-state index contributed by atoms with van der Waals surface area (Å²) in [7, 11) is 0. The zero-order valence-electron chi connectivity index (χ0n) is 8.26. The summed E-state index contributed by atoms with van der Waals surface area (Å²) in [6, 6.07) is 0.837. The number of alkyl halides is 5. The molecule has 0 radical (unpaired) electrons. The Morgan fingerprint density at radius 2 is 1.94 bits per heavy atom. The van der Waals surface area contributed by atoms with E-state index in [4.69, 9.17) is 11.5 Å². The first-order chi connectivity index (χ1) is 7.74. The molecule has 4 nitrogen and oxygen atoms in total. The lowest BCUT2D eigenvalue weighted by Gasteiger charge is -2.14. The van der Waals surface area contributed by atoms with Crippen molar-refractivity contribution < 1.29 is 26.7 Å². The molecule has 1 heterocycles. The highest BCUT2D eigenvalue weighted by atomic mass is 19.4. The molecule has 17 heavy (non-hydrogen) atoms. The molecule has 9 heteroatoms. The number of aromatic nitrogens is 1. The van der Waals surface area contributed by atoms with Gasteiger partial charge in [0.1, 0.15) is 5.69 Å². The molecule has 0 aliphatic rings. The molecule has 0 aliphatic heterocycles. The van der Waals surface area contributed by atoms with E-state index in [-0.39, 0.29) is 12.2 Å². The summed E-state index contributed by atoms with van der Waals surface area (Å²) >= 11 is 0. The van der Waals surface area contributed by atoms with E-state index in [1.807, 2.05) is 0 Å². The van der Waals surface area contributed by atoms with E-state index in [9.17, 15) is 22.0 Å². The minimum absolute atomic E-state index is 0.172. The zero-order valence-corrected chi connectivity index (χ0v) is 8.26. The van der Waals surface area contributed by atoms with Crippen LogP contribution in [0.3, 0.4) is 0 Å². The molecule has 0 unspecified atom stereocenters. The average molecular weight is 257 g/mol. The monoisotopic (exact) mass is 257 g/mol. The summed E-state index contributed by atoms with van der Waals surface area (Å²) in [5.74, 6) is -1.12. The first kappa shape index (κ1) is 13.4. The largest absolute Gasteiger partial charge is 0.574 e. The molecule has 0 bridgehead atoms. The van der Waals surface area contributed by atoms with Crippen LogP contribution in [0.4, 0.5) is 27.6 Å². The number of anilines is 1. The van der Waals surface area contributed by atoms with E-state index in [0.29, 0.717) is 0 Å². The van der Waals surface area contributed by atoms with Crippen LogP contribution in [0.5, 0.6) is 5.88 Å². The van der Waals surface area contributed by atoms with Gasteiger partial charge >= 0.3 is 6.36 Å². The standard InChI is InChI=1S/C8H8F5N3O/c9-6(10)4-1-3(2-14)16-7(5(4)15)17-8(11,12)13/h1,6H,2,14-15H2. The van der Waals surface area contributed by atoms with Crippen molar-refractivity contribution in [1.29, 1.82) is 0 Å². The molecule has 0 aromatic carbocycles. The lowest BCUT2D eigenvalue weighted by atomic mass is 10.2. The van der Waals surface area contributed by atoms with Crippen molar-refractivity contribution in [2.45, 2.75) is 19.3 Å². The maximum absolute atomic E-state index is 12.5. The maximum Gasteiger partial charge on any atom is 0.574 e. The van der Waals surface area contributed by atoms with E-state index >= 15 is 0 Å². The molecular weight excluding hydrogens is 249 g/mol. The highest BCUT2D eigenvalue weighted by Gasteiger charge is 2.34. The summed E-state index contributed by atoms with van der Waals surface area (Å²) in [6.45, 7) is -0.311. The third kappa shape index (κ3) is 3.41. The van der Waals surface area contributed by atoms with Crippen molar-refractivity contribution in [2.75, 3.05) is 5.73 Å². The van der Waals surface area contributed by atoms with Gasteiger partial charge in [0.2, 0.25) is 5.88 Å². The second kappa shape index (κ2) is 4.70. The van der Waals surface area contributed by atoms with Crippen LogP contribution in [0.1, 0.15) is 17.7 Å². The van der Waals surface area contributed by atoms with Gasteiger partial charge in [-0.05, 0) is 6.07 Å². The summed E-state index contributed by atoms with van der Waals surface area (Å²) in [5, 5.41) is 0. The van der Waals surface area contributed by atoms with Gasteiger partial charge in [0, 0.05) is 12.1 Å². The van der Waals surface area contributed by atoms with Gasteiger partial charge in [-0.3, -0.25) is 0 Å². The molecule has 0 aliphatic carbocycles. The van der Waals surface area contributed by atoms with Crippen LogP contribution in [0.2, 0.25) is 0 Å². The van der Waals surface area contributed by atoms with Crippen LogP contribution in [0.25, 0.3) is 0 Å². The topological polar surface area (TPSA) is 74.2 Å². The Bertz CT molecular complexity index is 407. The minimum Gasteiger partial charge on any atom is -0.394 e. The van der Waals surface area contributed by atoms with E-state index in [0.717, 1.165) is 6.07 Å². The summed E-state index contributed by atoms with van der Waals surface area (Å²) < 4.78 is 64.2. The Balaban J connectivity index is 3.24. The van der Waals surface area contributed by atoms with E-state index in [1.165, 1.54) is 0 Å². The molecule has 0 atom stereocenters. The molecule has 0 spiro atoms. The molecule has 1 aromatic heterocycles. The molecule has 0 saturated carbocycles. The van der Waals surface area contributed by atoms with Crippen LogP contribution in [0, 0.1) is 0 Å². The van der Waals surface area contributed by atoms with Crippen molar-refractivity contribution in [3.05, 3.63) is 17.3 Å². The average Bonchev–Trinajstić information content (AvgIpc) is 2.18. The molecule has 1 aromatic rings. The van der Waals surface area contributed by atoms with Crippen LogP contribution in [-0.4, -0.2) is 11.3 Å². The quantitative estimate of drug-likeness (QED) is 0.812. The molecule has 0 saturated heterocycles. The Kier molecular flexibility index (Phi) is 3.71. The van der Waals surface area contributed by atoms with Crippen LogP contribution < -0.4 is 16.2 Å². The van der Waals surface area contributed by atoms with Gasteiger partial charge < -0.3 is 16.2 Å². The Labute approximate surface area is 92.4 Å². The van der Waals surface area contributed by atoms with Gasteiger partial charge in [-0.1, -0.05) is 0 Å². The lowest BCUT2D eigenvalue weighted by Crippen LogP contribution is -2.20. The minimum atomic E-state index is -5.06. The predicted octanol–water partition coefficient (Wildman–Crippen LogP) is 1.96. The highest BCUT2D eigenvalue weighted by molar-refractivity contribution is 5.56. The second-order valence-electron chi connectivity index (χ2n) is 2.97. The number of hydrogen-bond acceptors (Lipinski definition) is 4. The first-order valence-electron chi connectivity index (χ1n) is 4.28. The summed E-state index contributed by atoms with van der Waals surface area (Å²) in [6.07, 6.45) is -8.10. The molecule has 1 rings (SSSR count). The number of rotatable bonds is 3. The fourth-order valence-corrected chi connectivity index (χ4v) is 1.08.